The van der Waals surface area contributed by atoms with Gasteiger partial charge in [0.25, 0.3) is 0 Å². The summed E-state index contributed by atoms with van der Waals surface area (Å²) in [6.07, 6.45) is 1.72. The molecule has 0 aliphatic heterocycles. The molecule has 0 N–H and O–H groups in total. The van der Waals surface area contributed by atoms with E-state index in [0.717, 1.165) is 12.1 Å². The molecule has 15 heavy (non-hydrogen) atoms. The van der Waals surface area contributed by atoms with Gasteiger partial charge in [0.1, 0.15) is 5.82 Å². The molecule has 0 heterocycles. The van der Waals surface area contributed by atoms with Gasteiger partial charge >= 0.3 is 0 Å². The van der Waals surface area contributed by atoms with Crippen molar-refractivity contribution < 1.29 is 13.2 Å². The van der Waals surface area contributed by atoms with Crippen LogP contribution in [-0.4, -0.2) is 0 Å². The number of benzene rings is 2. The second kappa shape index (κ2) is 3.57. The van der Waals surface area contributed by atoms with Crippen LogP contribution in [0.1, 0.15) is 12.5 Å². The summed E-state index contributed by atoms with van der Waals surface area (Å²) in [4.78, 5) is 0. The van der Waals surface area contributed by atoms with Crippen molar-refractivity contribution in [3.05, 3.63) is 53.7 Å². The lowest BCUT2D eigenvalue weighted by Crippen LogP contribution is -1.92. The number of hydrogen-bond donors (Lipinski definition) is 0. The fraction of sp³-hybridized carbons (Fsp3) is 0.0833. The largest absolute Gasteiger partial charge is 0.206 e. The van der Waals surface area contributed by atoms with Crippen LogP contribution in [0.2, 0.25) is 0 Å². The molecule has 3 heteroatoms. The lowest BCUT2D eigenvalue weighted by atomic mass is 10.0. The lowest BCUT2D eigenvalue weighted by Gasteiger charge is -2.06. The molecule has 0 aliphatic rings. The maximum Gasteiger partial charge on any atom is 0.169 e. The summed E-state index contributed by atoms with van der Waals surface area (Å²) in [6, 6.07) is 5.06. The summed E-state index contributed by atoms with van der Waals surface area (Å²) in [5.41, 5.74) is 0.685. The molecular formula is C12H8F3. The summed E-state index contributed by atoms with van der Waals surface area (Å²) < 4.78 is 39.6. The van der Waals surface area contributed by atoms with E-state index in [1.54, 1.807) is 13.3 Å². The molecule has 0 unspecified atom stereocenters. The number of fused-ring (bicyclic) bond motifs is 1. The summed E-state index contributed by atoms with van der Waals surface area (Å²) in [5.74, 6) is -2.91. The Morgan fingerprint density at radius 3 is 2.27 bits per heavy atom. The monoisotopic (exact) mass is 209 g/mol. The quantitative estimate of drug-likeness (QED) is 0.669. The van der Waals surface area contributed by atoms with Crippen LogP contribution in [0.15, 0.2) is 24.3 Å². The van der Waals surface area contributed by atoms with Crippen LogP contribution >= 0.6 is 0 Å². The Bertz CT molecular complexity index is 518. The zero-order valence-corrected chi connectivity index (χ0v) is 8.02. The number of halogens is 3. The Kier molecular flexibility index (Phi) is 2.39. The fourth-order valence-corrected chi connectivity index (χ4v) is 1.61. The molecular weight excluding hydrogens is 201 g/mol. The summed E-state index contributed by atoms with van der Waals surface area (Å²) in [7, 11) is 0. The molecule has 0 fully saturated rings. The molecule has 77 valence electrons. The normalized spacial score (nSPS) is 10.9. The van der Waals surface area contributed by atoms with Gasteiger partial charge in [-0.1, -0.05) is 19.1 Å². The van der Waals surface area contributed by atoms with Crippen LogP contribution in [0, 0.1) is 23.9 Å². The Hall–Kier alpha value is -1.51. The van der Waals surface area contributed by atoms with E-state index in [1.807, 2.05) is 0 Å². The first-order valence-electron chi connectivity index (χ1n) is 4.50. The van der Waals surface area contributed by atoms with Gasteiger partial charge in [0.2, 0.25) is 0 Å². The molecule has 2 aromatic carbocycles. The van der Waals surface area contributed by atoms with Gasteiger partial charge in [-0.15, -0.1) is 0 Å². The molecule has 0 saturated heterocycles. The van der Waals surface area contributed by atoms with Gasteiger partial charge in [-0.2, -0.15) is 0 Å². The molecule has 0 atom stereocenters. The predicted molar refractivity (Wildman–Crippen MR) is 52.9 cm³/mol. The first kappa shape index (κ1) is 10.0. The van der Waals surface area contributed by atoms with Crippen molar-refractivity contribution in [3.63, 3.8) is 0 Å². The summed E-state index contributed by atoms with van der Waals surface area (Å²) >= 11 is 0. The van der Waals surface area contributed by atoms with E-state index in [2.05, 4.69) is 0 Å². The van der Waals surface area contributed by atoms with E-state index < -0.39 is 17.5 Å². The van der Waals surface area contributed by atoms with Crippen LogP contribution in [-0.2, 0) is 0 Å². The van der Waals surface area contributed by atoms with Crippen molar-refractivity contribution in [1.29, 1.82) is 0 Å². The maximum absolute atomic E-state index is 13.3. The van der Waals surface area contributed by atoms with Crippen molar-refractivity contribution in [2.75, 3.05) is 0 Å². The van der Waals surface area contributed by atoms with Gasteiger partial charge in [-0.25, -0.2) is 13.2 Å². The first-order valence-corrected chi connectivity index (χ1v) is 4.50. The minimum absolute atomic E-state index is 0.286. The van der Waals surface area contributed by atoms with Crippen LogP contribution in [0.5, 0.6) is 0 Å². The minimum Gasteiger partial charge on any atom is -0.206 e. The van der Waals surface area contributed by atoms with Crippen molar-refractivity contribution in [3.8, 4) is 0 Å². The molecule has 0 aromatic heterocycles. The van der Waals surface area contributed by atoms with E-state index in [4.69, 9.17) is 0 Å². The van der Waals surface area contributed by atoms with Crippen LogP contribution < -0.4 is 0 Å². The molecule has 1 radical (unpaired) electrons. The number of hydrogen-bond acceptors (Lipinski definition) is 0. The average Bonchev–Trinajstić information content (AvgIpc) is 2.24. The van der Waals surface area contributed by atoms with Gasteiger partial charge in [-0.3, -0.25) is 0 Å². The average molecular weight is 209 g/mol. The molecule has 0 amide bonds. The Morgan fingerprint density at radius 1 is 0.933 bits per heavy atom. The van der Waals surface area contributed by atoms with Gasteiger partial charge in [0.05, 0.1) is 5.39 Å². The third kappa shape index (κ3) is 1.48. The van der Waals surface area contributed by atoms with Crippen molar-refractivity contribution in [2.45, 2.75) is 6.92 Å². The van der Waals surface area contributed by atoms with E-state index >= 15 is 0 Å². The van der Waals surface area contributed by atoms with Crippen LogP contribution in [0.25, 0.3) is 10.8 Å². The Morgan fingerprint density at radius 2 is 1.60 bits per heavy atom. The van der Waals surface area contributed by atoms with Crippen molar-refractivity contribution >= 4 is 10.8 Å². The zero-order valence-electron chi connectivity index (χ0n) is 8.02. The van der Waals surface area contributed by atoms with Crippen molar-refractivity contribution in [1.82, 2.24) is 0 Å². The molecule has 0 spiro atoms. The fourth-order valence-electron chi connectivity index (χ4n) is 1.61. The molecule has 0 aliphatic carbocycles. The topological polar surface area (TPSA) is 0 Å². The highest BCUT2D eigenvalue weighted by Gasteiger charge is 2.13. The van der Waals surface area contributed by atoms with Crippen LogP contribution in [0.3, 0.4) is 0 Å². The van der Waals surface area contributed by atoms with E-state index in [-0.39, 0.29) is 5.39 Å². The predicted octanol–water partition coefficient (Wildman–Crippen LogP) is 3.83. The smallest absolute Gasteiger partial charge is 0.169 e. The third-order valence-corrected chi connectivity index (χ3v) is 2.36. The van der Waals surface area contributed by atoms with Gasteiger partial charge in [0.15, 0.2) is 11.6 Å². The minimum atomic E-state index is -1.13. The Labute approximate surface area is 85.3 Å². The van der Waals surface area contributed by atoms with Gasteiger partial charge < -0.3 is 0 Å². The standard InChI is InChI=1S/C12H8F3/c1-2-7-3-5-9(13)11-8(7)4-6-10(14)12(11)15/h2-6H,1H3. The molecule has 0 saturated carbocycles. The van der Waals surface area contributed by atoms with Gasteiger partial charge in [0, 0.05) is 0 Å². The van der Waals surface area contributed by atoms with E-state index in [1.165, 1.54) is 12.1 Å². The number of rotatable bonds is 1. The van der Waals surface area contributed by atoms with Crippen LogP contribution in [0.4, 0.5) is 13.2 Å². The Balaban J connectivity index is 2.93. The second-order valence-corrected chi connectivity index (χ2v) is 3.21. The maximum atomic E-state index is 13.3. The van der Waals surface area contributed by atoms with E-state index in [0.29, 0.717) is 10.9 Å². The summed E-state index contributed by atoms with van der Waals surface area (Å²) in [6.45, 7) is 1.76. The van der Waals surface area contributed by atoms with Crippen molar-refractivity contribution in [2.24, 2.45) is 0 Å². The zero-order chi connectivity index (χ0) is 11.0. The highest BCUT2D eigenvalue weighted by Crippen LogP contribution is 2.26. The lowest BCUT2D eigenvalue weighted by molar-refractivity contribution is 0.512. The molecule has 2 rings (SSSR count). The SMILES string of the molecule is C[CH]c1ccc(F)c2c(F)c(F)ccc12. The van der Waals surface area contributed by atoms with Gasteiger partial charge in [-0.05, 0) is 29.5 Å². The molecule has 0 bridgehead atoms. The second-order valence-electron chi connectivity index (χ2n) is 3.21. The molecule has 0 nitrogen and oxygen atoms in total. The highest BCUT2D eigenvalue weighted by atomic mass is 19.2. The molecule has 2 aromatic rings. The highest BCUT2D eigenvalue weighted by molar-refractivity contribution is 5.87. The first-order chi connectivity index (χ1) is 7.15. The van der Waals surface area contributed by atoms with E-state index in [9.17, 15) is 13.2 Å². The summed E-state index contributed by atoms with van der Waals surface area (Å²) in [5, 5.41) is 0.0991. The third-order valence-electron chi connectivity index (χ3n) is 2.36.